The van der Waals surface area contributed by atoms with E-state index in [2.05, 4.69) is 72.5 Å². The number of rotatable bonds is 9. The highest BCUT2D eigenvalue weighted by molar-refractivity contribution is 7.14. The van der Waals surface area contributed by atoms with E-state index in [0.717, 1.165) is 118 Å². The maximum Gasteiger partial charge on any atom is 0.274 e. The number of hydrogen-bond donors (Lipinski definition) is 3. The molecule has 64 heavy (non-hydrogen) atoms. The van der Waals surface area contributed by atoms with Gasteiger partial charge in [-0.1, -0.05) is 6.07 Å². The average molecular weight is 887 g/mol. The first kappa shape index (κ1) is 42.5. The molecule has 4 atom stereocenters. The third-order valence-electron chi connectivity index (χ3n) is 15.0. The largest absolute Gasteiger partial charge is 0.374 e. The van der Waals surface area contributed by atoms with Crippen molar-refractivity contribution < 1.29 is 14.4 Å². The van der Waals surface area contributed by atoms with Crippen LogP contribution in [0.2, 0.25) is 0 Å². The van der Waals surface area contributed by atoms with Crippen molar-refractivity contribution >= 4 is 63.3 Å². The lowest BCUT2D eigenvalue weighted by Gasteiger charge is -2.46. The lowest BCUT2D eigenvalue weighted by Crippen LogP contribution is -2.57. The number of pyridine rings is 2. The van der Waals surface area contributed by atoms with Crippen molar-refractivity contribution in [1.82, 2.24) is 24.7 Å². The number of piperidine rings is 3. The first-order valence-corrected chi connectivity index (χ1v) is 24.5. The molecule has 0 radical (unpaired) electrons. The summed E-state index contributed by atoms with van der Waals surface area (Å²) in [6.07, 6.45) is 14.5. The van der Waals surface area contributed by atoms with Gasteiger partial charge in [0.05, 0.1) is 28.5 Å². The maximum atomic E-state index is 14.0. The number of piperazine rings is 1. The number of carbonyl (C=O) groups is 3. The van der Waals surface area contributed by atoms with Crippen molar-refractivity contribution in [1.29, 1.82) is 0 Å². The Hall–Kier alpha value is -5.41. The second-order valence-electron chi connectivity index (χ2n) is 18.9. The Morgan fingerprint density at radius 2 is 1.61 bits per heavy atom. The molecule has 6 aliphatic rings. The van der Waals surface area contributed by atoms with Crippen molar-refractivity contribution in [2.24, 2.45) is 7.05 Å². The minimum atomic E-state index is -0.396. The Kier molecular flexibility index (Phi) is 11.9. The molecule has 1 aromatic carbocycles. The molecule has 1 aliphatic carbocycles. The van der Waals surface area contributed by atoms with Crippen LogP contribution in [0.4, 0.5) is 34.3 Å². The van der Waals surface area contributed by atoms with Gasteiger partial charge in [0.15, 0.2) is 0 Å². The van der Waals surface area contributed by atoms with Gasteiger partial charge in [0.1, 0.15) is 17.5 Å². The summed E-state index contributed by atoms with van der Waals surface area (Å²) in [6, 6.07) is 15.0. The molecule has 14 nitrogen and oxygen atoms in total. The predicted molar refractivity (Wildman–Crippen MR) is 255 cm³/mol. The maximum absolute atomic E-state index is 14.0. The van der Waals surface area contributed by atoms with Gasteiger partial charge in [0.2, 0.25) is 11.8 Å². The highest BCUT2D eigenvalue weighted by Crippen LogP contribution is 2.40. The smallest absolute Gasteiger partial charge is 0.274 e. The predicted octanol–water partition coefficient (Wildman–Crippen LogP) is 5.92. The van der Waals surface area contributed by atoms with Crippen LogP contribution in [0.15, 0.2) is 59.7 Å². The molecule has 3 N–H and O–H groups in total. The summed E-state index contributed by atoms with van der Waals surface area (Å²) in [5, 5.41) is 9.12. The summed E-state index contributed by atoms with van der Waals surface area (Å²) in [5.41, 5.74) is 7.30. The van der Waals surface area contributed by atoms with E-state index in [-0.39, 0.29) is 35.4 Å². The van der Waals surface area contributed by atoms with E-state index in [1.54, 1.807) is 15.9 Å². The number of anilines is 6. The fraction of sp³-hybridized carbons (Fsp3) is 0.531. The topological polar surface area (TPSA) is 138 Å². The van der Waals surface area contributed by atoms with Crippen LogP contribution in [0.3, 0.4) is 0 Å². The van der Waals surface area contributed by atoms with Gasteiger partial charge in [0, 0.05) is 99.9 Å². The van der Waals surface area contributed by atoms with E-state index in [9.17, 15) is 19.2 Å². The second kappa shape index (κ2) is 17.9. The molecule has 10 rings (SSSR count). The number of aryl methyl sites for hydroxylation is 2. The Labute approximate surface area is 380 Å². The van der Waals surface area contributed by atoms with E-state index in [1.807, 2.05) is 43.7 Å². The number of nitrogens with zero attached hydrogens (tertiary/aromatic N) is 7. The van der Waals surface area contributed by atoms with Crippen molar-refractivity contribution in [2.45, 2.75) is 115 Å². The zero-order valence-electron chi connectivity index (χ0n) is 37.5. The fourth-order valence-electron chi connectivity index (χ4n) is 11.5. The van der Waals surface area contributed by atoms with Crippen LogP contribution in [0, 0.1) is 0 Å². The number of nitrogens with one attached hydrogen (secondary N) is 3. The Bertz CT molecular complexity index is 2460. The van der Waals surface area contributed by atoms with Crippen LogP contribution in [0.25, 0.3) is 0 Å². The van der Waals surface area contributed by atoms with Gasteiger partial charge in [-0.2, -0.15) is 0 Å². The lowest BCUT2D eigenvalue weighted by molar-refractivity contribution is -0.133. The normalized spacial score (nSPS) is 24.6. The molecule has 0 saturated carbocycles. The second-order valence-corrected chi connectivity index (χ2v) is 20.0. The standard InChI is InChI=1S/C49H62N10O4S/c1-31-29-56(34-17-21-55(22-18-34)35-9-6-8-33(26-35)51-40-14-16-45(60)53-47(40)61)24-25-57(31)36-13-15-44(50-28-36)52-41-27-37(30-54(3)48(41)62)58-20-7-11-42(32(58)2)59-23-19-39-38-10-4-5-12-43(38)64-46(39)49(59)63/h6,8-9,13,15,26-28,30-32,34,40,42,51H,4-5,7,10-12,14,16-25,29H2,1-3H3,(H,50,52)(H,53,60,61)/t31-,32?,40?,42?/m0/s1. The van der Waals surface area contributed by atoms with Gasteiger partial charge < -0.3 is 34.8 Å². The number of hydrogen-bond acceptors (Lipinski definition) is 12. The van der Waals surface area contributed by atoms with E-state index in [1.165, 1.54) is 28.8 Å². The summed E-state index contributed by atoms with van der Waals surface area (Å²) in [4.78, 5) is 70.8. The highest BCUT2D eigenvalue weighted by Gasteiger charge is 2.40. The number of fused-ring (bicyclic) bond motifs is 3. The van der Waals surface area contributed by atoms with E-state index < -0.39 is 6.04 Å². The number of aromatic nitrogens is 2. The van der Waals surface area contributed by atoms with Gasteiger partial charge in [-0.3, -0.25) is 29.4 Å². The third kappa shape index (κ3) is 8.36. The molecule has 3 aromatic heterocycles. The van der Waals surface area contributed by atoms with Crippen molar-refractivity contribution in [3.05, 3.63) is 86.1 Å². The van der Waals surface area contributed by atoms with Crippen LogP contribution < -0.4 is 36.2 Å². The zero-order valence-corrected chi connectivity index (χ0v) is 38.3. The highest BCUT2D eigenvalue weighted by atomic mass is 32.1. The third-order valence-corrected chi connectivity index (χ3v) is 16.3. The van der Waals surface area contributed by atoms with Gasteiger partial charge in [-0.05, 0) is 126 Å². The lowest BCUT2D eigenvalue weighted by atomic mass is 9.89. The molecular weight excluding hydrogens is 825 g/mol. The monoisotopic (exact) mass is 886 g/mol. The first-order chi connectivity index (χ1) is 31.1. The molecule has 3 unspecified atom stereocenters. The summed E-state index contributed by atoms with van der Waals surface area (Å²) in [7, 11) is 1.81. The molecule has 15 heteroatoms. The van der Waals surface area contributed by atoms with Crippen molar-refractivity contribution in [3.8, 4) is 0 Å². The van der Waals surface area contributed by atoms with E-state index >= 15 is 0 Å². The van der Waals surface area contributed by atoms with Crippen LogP contribution in [0.5, 0.6) is 0 Å². The van der Waals surface area contributed by atoms with Crippen LogP contribution >= 0.6 is 11.3 Å². The van der Waals surface area contributed by atoms with Gasteiger partial charge in [-0.25, -0.2) is 4.98 Å². The summed E-state index contributed by atoms with van der Waals surface area (Å²) in [5.74, 6) is 0.385. The Morgan fingerprint density at radius 3 is 2.41 bits per heavy atom. The van der Waals surface area contributed by atoms with Crippen LogP contribution in [-0.4, -0.2) is 113 Å². The number of amides is 3. The van der Waals surface area contributed by atoms with Gasteiger partial charge >= 0.3 is 0 Å². The van der Waals surface area contributed by atoms with E-state index in [4.69, 9.17) is 4.98 Å². The molecule has 8 heterocycles. The first-order valence-electron chi connectivity index (χ1n) is 23.7. The SMILES string of the molecule is CC1C(N2CCc3c(sc4c3CCCC4)C2=O)CCCN1c1cc(Nc2ccc(N3CCN(C4CCN(c5cccc(NC6CCC(=O)NC6=O)c5)CC4)C[C@@H]3C)cn2)c(=O)n(C)c1. The number of imide groups is 1. The minimum Gasteiger partial charge on any atom is -0.374 e. The summed E-state index contributed by atoms with van der Waals surface area (Å²) >= 11 is 1.76. The van der Waals surface area contributed by atoms with Crippen LogP contribution in [-0.2, 0) is 35.9 Å². The molecule has 4 fully saturated rings. The zero-order chi connectivity index (χ0) is 44.1. The Balaban J connectivity index is 0.737. The fourth-order valence-corrected chi connectivity index (χ4v) is 12.9. The minimum absolute atomic E-state index is 0.104. The molecule has 4 aromatic rings. The number of carbonyl (C=O) groups excluding carboxylic acids is 3. The Morgan fingerprint density at radius 1 is 0.766 bits per heavy atom. The summed E-state index contributed by atoms with van der Waals surface area (Å²) < 4.78 is 1.66. The molecule has 5 aliphatic heterocycles. The molecule has 3 amide bonds. The number of thiophene rings is 1. The van der Waals surface area contributed by atoms with E-state index in [0.29, 0.717) is 36.4 Å². The van der Waals surface area contributed by atoms with Crippen molar-refractivity contribution in [3.63, 3.8) is 0 Å². The molecular formula is C49H62N10O4S. The average Bonchev–Trinajstić information content (AvgIpc) is 3.69. The summed E-state index contributed by atoms with van der Waals surface area (Å²) in [6.45, 7) is 11.0. The van der Waals surface area contributed by atoms with Crippen molar-refractivity contribution in [2.75, 3.05) is 71.1 Å². The van der Waals surface area contributed by atoms with Gasteiger partial charge in [-0.15, -0.1) is 11.3 Å². The quantitative estimate of drug-likeness (QED) is 0.173. The van der Waals surface area contributed by atoms with Gasteiger partial charge in [0.25, 0.3) is 11.5 Å². The molecule has 338 valence electrons. The molecule has 4 saturated heterocycles. The number of benzene rings is 1. The molecule has 0 spiro atoms. The van der Waals surface area contributed by atoms with Crippen LogP contribution in [0.1, 0.15) is 90.9 Å². The molecule has 0 bridgehead atoms.